The molecular weight excluding hydrogens is 1050 g/mol. The first-order valence-corrected chi connectivity index (χ1v) is 23.7. The van der Waals surface area contributed by atoms with Crippen LogP contribution in [0.2, 0.25) is 5.28 Å². The highest BCUT2D eigenvalue weighted by molar-refractivity contribution is 8.24. The van der Waals surface area contributed by atoms with Crippen molar-refractivity contribution in [3.05, 3.63) is 162 Å². The largest absolute Gasteiger partial charge is 0.467 e. The van der Waals surface area contributed by atoms with Crippen molar-refractivity contribution in [2.75, 3.05) is 7.11 Å². The molecule has 0 aliphatic heterocycles. The maximum Gasteiger partial charge on any atom is 0.339 e. The van der Waals surface area contributed by atoms with E-state index in [1.807, 2.05) is 0 Å². The van der Waals surface area contributed by atoms with Gasteiger partial charge in [0.2, 0.25) is 5.28 Å². The zero-order valence-corrected chi connectivity index (χ0v) is 38.7. The topological polar surface area (TPSA) is 231 Å². The SMILES string of the molecule is COc1ncc(-c2ccc(C(F)(F)C(O)(Cn3cnnn3)c3ccc(F)cc3F)nc2)cn1.O=P(Cl)(Cl)Cl.OC(Cn1cnnn1)(c1ccc(F)cc1F)C(F)(F)c1ccc(-c2cnc(Cl)nc2)cn1. The van der Waals surface area contributed by atoms with Crippen LogP contribution in [0.3, 0.4) is 0 Å². The normalized spacial score (nSPS) is 13.5. The van der Waals surface area contributed by atoms with Crippen LogP contribution in [0.4, 0.5) is 35.1 Å². The summed E-state index contributed by atoms with van der Waals surface area (Å²) in [5, 5.41) is 39.3. The van der Waals surface area contributed by atoms with E-state index in [-0.39, 0.29) is 11.3 Å². The van der Waals surface area contributed by atoms with E-state index in [4.69, 9.17) is 16.3 Å². The summed E-state index contributed by atoms with van der Waals surface area (Å²) >= 11 is 19.5. The number of methoxy groups -OCH3 is 1. The second-order valence-corrected chi connectivity index (χ2v) is 21.1. The first kappa shape index (κ1) is 53.0. The maximum atomic E-state index is 15.7. The van der Waals surface area contributed by atoms with Crippen molar-refractivity contribution >= 4 is 50.5 Å². The number of pyridine rings is 2. The summed E-state index contributed by atoms with van der Waals surface area (Å²) in [6, 6.07) is 8.50. The molecule has 0 spiro atoms. The van der Waals surface area contributed by atoms with Crippen molar-refractivity contribution in [1.82, 2.24) is 70.3 Å². The van der Waals surface area contributed by atoms with Crippen molar-refractivity contribution < 1.29 is 54.6 Å². The second kappa shape index (κ2) is 21.7. The van der Waals surface area contributed by atoms with Crippen LogP contribution >= 0.6 is 50.5 Å². The molecule has 0 radical (unpaired) electrons. The van der Waals surface area contributed by atoms with Crippen LogP contribution in [0.1, 0.15) is 22.5 Å². The molecular formula is C39H27Cl4F8N14O4P. The summed E-state index contributed by atoms with van der Waals surface area (Å²) in [5.74, 6) is -13.0. The molecule has 0 bridgehead atoms. The Kier molecular flexibility index (Phi) is 16.4. The quantitative estimate of drug-likeness (QED) is 0.0627. The first-order chi connectivity index (χ1) is 32.9. The summed E-state index contributed by atoms with van der Waals surface area (Å²) in [6.07, 6.45) is 9.80. The number of rotatable bonds is 13. The lowest BCUT2D eigenvalue weighted by atomic mass is 9.84. The number of halogens is 12. The van der Waals surface area contributed by atoms with E-state index < -0.39 is 87.1 Å². The Balaban J connectivity index is 0.000000210. The minimum absolute atomic E-state index is 0.0128. The average Bonchev–Trinajstić information content (AvgIpc) is 4.04. The third kappa shape index (κ3) is 12.3. The third-order valence-corrected chi connectivity index (χ3v) is 9.82. The molecule has 0 saturated carbocycles. The van der Waals surface area contributed by atoms with Crippen LogP contribution < -0.4 is 4.74 Å². The number of hydrogen-bond donors (Lipinski definition) is 2. The summed E-state index contributed by atoms with van der Waals surface area (Å²) in [6.45, 7) is -1.88. The molecule has 2 unspecified atom stereocenters. The molecule has 8 rings (SSSR count). The van der Waals surface area contributed by atoms with E-state index in [9.17, 15) is 32.3 Å². The number of alkyl halides is 4. The van der Waals surface area contributed by atoms with Gasteiger partial charge in [0, 0.05) is 82.7 Å². The smallest absolute Gasteiger partial charge is 0.339 e. The highest BCUT2D eigenvalue weighted by atomic mass is 36.0. The molecule has 8 aromatic rings. The van der Waals surface area contributed by atoms with Gasteiger partial charge in [0.15, 0.2) is 11.2 Å². The van der Waals surface area contributed by atoms with Crippen LogP contribution in [0.25, 0.3) is 22.3 Å². The Morgan fingerprint density at radius 3 is 1.27 bits per heavy atom. The van der Waals surface area contributed by atoms with Crippen molar-refractivity contribution in [3.8, 4) is 28.3 Å². The lowest BCUT2D eigenvalue weighted by Gasteiger charge is -2.35. The number of ether oxygens (including phenoxy) is 1. The van der Waals surface area contributed by atoms with E-state index in [1.54, 1.807) is 0 Å². The van der Waals surface area contributed by atoms with Gasteiger partial charge in [-0.25, -0.2) is 46.9 Å². The molecule has 6 aromatic heterocycles. The summed E-state index contributed by atoms with van der Waals surface area (Å²) in [4.78, 5) is 23.0. The lowest BCUT2D eigenvalue weighted by molar-refractivity contribution is -0.207. The van der Waals surface area contributed by atoms with Gasteiger partial charge in [-0.3, -0.25) is 14.5 Å². The molecule has 366 valence electrons. The average molecular weight is 1080 g/mol. The fourth-order valence-electron chi connectivity index (χ4n) is 6.29. The van der Waals surface area contributed by atoms with E-state index in [0.717, 1.165) is 70.8 Å². The van der Waals surface area contributed by atoms with Gasteiger partial charge in [-0.15, -0.1) is 10.2 Å². The summed E-state index contributed by atoms with van der Waals surface area (Å²) < 4.78 is 135. The van der Waals surface area contributed by atoms with Crippen LogP contribution in [0, 0.1) is 23.3 Å². The lowest BCUT2D eigenvalue weighted by Crippen LogP contribution is -2.48. The van der Waals surface area contributed by atoms with Crippen molar-refractivity contribution in [2.24, 2.45) is 0 Å². The van der Waals surface area contributed by atoms with E-state index in [0.29, 0.717) is 34.4 Å². The van der Waals surface area contributed by atoms with Gasteiger partial charge < -0.3 is 14.9 Å². The number of nitrogens with zero attached hydrogens (tertiary/aromatic N) is 14. The standard InChI is InChI=1S/C20H15F4N7O2.C19H12ClF4N7O.Cl3OP/c1-33-18-26-8-13(9-27-18)12-2-5-17(25-7-12)20(23,24)19(32,10-31-11-28-29-30-31)15-4-3-14(21)6-16(15)22;20-17-26-7-12(8-27-17)11-1-4-16(25-6-11)19(23,24)18(32,9-31-10-28-29-30-31)14-3-2-13(21)5-15(14)22;1-5(2,3)4/h2-9,11,32H,10H2,1H3;1-8,10,32H,9H2;. The molecule has 2 N–H and O–H groups in total. The third-order valence-electron chi connectivity index (χ3n) is 9.62. The van der Waals surface area contributed by atoms with Gasteiger partial charge in [0.05, 0.1) is 20.2 Å². The number of aliphatic hydroxyl groups is 2. The molecule has 0 amide bonds. The predicted molar refractivity (Wildman–Crippen MR) is 231 cm³/mol. The molecule has 2 atom stereocenters. The monoisotopic (exact) mass is 1080 g/mol. The van der Waals surface area contributed by atoms with Gasteiger partial charge in [-0.05, 0) is 103 Å². The van der Waals surface area contributed by atoms with Gasteiger partial charge in [0.1, 0.15) is 47.3 Å². The molecule has 2 aromatic carbocycles. The van der Waals surface area contributed by atoms with Gasteiger partial charge >= 0.3 is 23.1 Å². The Bertz CT molecular complexity index is 3040. The molecule has 0 aliphatic rings. The fraction of sp³-hybridized carbons (Fsp3) is 0.179. The summed E-state index contributed by atoms with van der Waals surface area (Å²) in [5.41, 5.74) is -8.09. The molecule has 0 fully saturated rings. The van der Waals surface area contributed by atoms with E-state index >= 15 is 17.6 Å². The Morgan fingerprint density at radius 1 is 0.586 bits per heavy atom. The predicted octanol–water partition coefficient (Wildman–Crippen LogP) is 8.44. The Morgan fingerprint density at radius 2 is 0.957 bits per heavy atom. The molecule has 0 aliphatic carbocycles. The van der Waals surface area contributed by atoms with Crippen LogP contribution in [-0.2, 0) is 40.7 Å². The number of aromatic nitrogens is 14. The van der Waals surface area contributed by atoms with Crippen LogP contribution in [-0.4, -0.2) is 87.6 Å². The fourth-order valence-corrected chi connectivity index (χ4v) is 6.39. The Labute approximate surface area is 407 Å². The van der Waals surface area contributed by atoms with Crippen molar-refractivity contribution in [2.45, 2.75) is 36.1 Å². The van der Waals surface area contributed by atoms with Gasteiger partial charge in [0.25, 0.3) is 0 Å². The van der Waals surface area contributed by atoms with Crippen LogP contribution in [0.5, 0.6) is 6.01 Å². The minimum Gasteiger partial charge on any atom is -0.467 e. The zero-order valence-electron chi connectivity index (χ0n) is 34.8. The summed E-state index contributed by atoms with van der Waals surface area (Å²) in [7, 11) is 1.40. The van der Waals surface area contributed by atoms with Gasteiger partial charge in [-0.1, -0.05) is 12.1 Å². The van der Waals surface area contributed by atoms with E-state index in [2.05, 4.69) is 94.7 Å². The van der Waals surface area contributed by atoms with E-state index in [1.165, 1.54) is 44.0 Å². The highest BCUT2D eigenvalue weighted by Gasteiger charge is 2.59. The van der Waals surface area contributed by atoms with Crippen molar-refractivity contribution in [3.63, 3.8) is 0 Å². The molecule has 0 saturated heterocycles. The molecule has 31 heteroatoms. The van der Waals surface area contributed by atoms with Crippen LogP contribution in [0.15, 0.2) is 110 Å². The zero-order chi connectivity index (χ0) is 51.1. The number of benzene rings is 2. The number of hydrogen-bond acceptors (Lipinski definition) is 16. The van der Waals surface area contributed by atoms with Gasteiger partial charge in [-0.2, -0.15) is 17.6 Å². The maximum absolute atomic E-state index is 15.7. The van der Waals surface area contributed by atoms with Crippen molar-refractivity contribution in [1.29, 1.82) is 0 Å². The first-order valence-electron chi connectivity index (χ1n) is 18.9. The number of tetrazole rings is 2. The molecule has 6 heterocycles. The second-order valence-electron chi connectivity index (χ2n) is 14.1. The highest BCUT2D eigenvalue weighted by Crippen LogP contribution is 2.61. The molecule has 18 nitrogen and oxygen atoms in total. The minimum atomic E-state index is -4.15. The molecule has 70 heavy (non-hydrogen) atoms. The Hall–Kier alpha value is -6.41.